The van der Waals surface area contributed by atoms with E-state index in [0.717, 1.165) is 11.3 Å². The summed E-state index contributed by atoms with van der Waals surface area (Å²) in [5, 5.41) is 9.54. The van der Waals surface area contributed by atoms with E-state index in [0.29, 0.717) is 5.82 Å². The van der Waals surface area contributed by atoms with Gasteiger partial charge in [-0.15, -0.1) is 0 Å². The molecule has 1 aromatic carbocycles. The van der Waals surface area contributed by atoms with Crippen molar-refractivity contribution in [2.24, 2.45) is 0 Å². The Balaban J connectivity index is 1.76. The second-order valence-electron chi connectivity index (χ2n) is 4.71. The summed E-state index contributed by atoms with van der Waals surface area (Å²) in [4.78, 5) is 16.3. The molecule has 6 heteroatoms. The molecule has 1 atom stereocenters. The number of carbonyl (C=O) groups is 1. The molecule has 0 spiro atoms. The number of benzene rings is 1. The van der Waals surface area contributed by atoms with E-state index >= 15 is 0 Å². The molecular formula is C15H15N5O. The van der Waals surface area contributed by atoms with Crippen molar-refractivity contribution in [3.63, 3.8) is 0 Å². The molecule has 3 aromatic rings. The summed E-state index contributed by atoms with van der Waals surface area (Å²) in [6.45, 7) is 1.86. The van der Waals surface area contributed by atoms with Crippen LogP contribution in [-0.2, 0) is 4.79 Å². The van der Waals surface area contributed by atoms with Crippen LogP contribution < -0.4 is 5.32 Å². The quantitative estimate of drug-likeness (QED) is 0.771. The second-order valence-corrected chi connectivity index (χ2v) is 4.71. The fraction of sp³-hybridized carbons (Fsp3) is 0.133. The predicted molar refractivity (Wildman–Crippen MR) is 79.6 cm³/mol. The first-order valence-electron chi connectivity index (χ1n) is 6.63. The van der Waals surface area contributed by atoms with Gasteiger partial charge in [-0.3, -0.25) is 9.89 Å². The number of rotatable bonds is 4. The van der Waals surface area contributed by atoms with Gasteiger partial charge in [-0.05, 0) is 31.2 Å². The number of nitrogens with zero attached hydrogens (tertiary/aromatic N) is 3. The third-order valence-corrected chi connectivity index (χ3v) is 3.27. The number of amides is 1. The summed E-state index contributed by atoms with van der Waals surface area (Å²) in [7, 11) is 0. The van der Waals surface area contributed by atoms with E-state index in [1.807, 2.05) is 60.3 Å². The molecule has 0 saturated heterocycles. The molecule has 21 heavy (non-hydrogen) atoms. The van der Waals surface area contributed by atoms with Gasteiger partial charge in [0, 0.05) is 23.6 Å². The zero-order valence-corrected chi connectivity index (χ0v) is 11.5. The zero-order chi connectivity index (χ0) is 14.7. The number of hydrogen-bond acceptors (Lipinski definition) is 3. The molecule has 0 bridgehead atoms. The first kappa shape index (κ1) is 13.1. The van der Waals surface area contributed by atoms with Crippen molar-refractivity contribution < 1.29 is 4.79 Å². The molecule has 0 fully saturated rings. The van der Waals surface area contributed by atoms with E-state index in [1.165, 1.54) is 6.33 Å². The zero-order valence-electron chi connectivity index (χ0n) is 11.5. The summed E-state index contributed by atoms with van der Waals surface area (Å²) in [6.07, 6.45) is 5.19. The fourth-order valence-corrected chi connectivity index (χ4v) is 2.08. The number of nitrogens with one attached hydrogen (secondary N) is 2. The first-order chi connectivity index (χ1) is 10.2. The van der Waals surface area contributed by atoms with Crippen LogP contribution in [0.3, 0.4) is 0 Å². The van der Waals surface area contributed by atoms with Gasteiger partial charge in [0.05, 0.1) is 0 Å². The third-order valence-electron chi connectivity index (χ3n) is 3.27. The van der Waals surface area contributed by atoms with Crippen LogP contribution in [0.15, 0.2) is 55.1 Å². The summed E-state index contributed by atoms with van der Waals surface area (Å²) in [5.41, 5.74) is 1.60. The third kappa shape index (κ3) is 2.84. The van der Waals surface area contributed by atoms with Crippen molar-refractivity contribution in [1.82, 2.24) is 19.7 Å². The Morgan fingerprint density at radius 3 is 2.81 bits per heavy atom. The minimum atomic E-state index is -0.270. The van der Waals surface area contributed by atoms with Crippen LogP contribution in [-0.4, -0.2) is 25.7 Å². The van der Waals surface area contributed by atoms with E-state index in [-0.39, 0.29) is 11.9 Å². The molecule has 0 aliphatic carbocycles. The monoisotopic (exact) mass is 281 g/mol. The Bertz CT molecular complexity index is 718. The number of carbonyl (C=O) groups excluding carboxylic acids is 1. The van der Waals surface area contributed by atoms with Gasteiger partial charge in [-0.25, -0.2) is 4.98 Å². The van der Waals surface area contributed by atoms with Gasteiger partial charge in [0.1, 0.15) is 12.4 Å². The van der Waals surface area contributed by atoms with Crippen LogP contribution >= 0.6 is 0 Å². The van der Waals surface area contributed by atoms with Crippen LogP contribution in [0.4, 0.5) is 5.69 Å². The number of hydrogen-bond donors (Lipinski definition) is 2. The van der Waals surface area contributed by atoms with Gasteiger partial charge in [0.15, 0.2) is 5.82 Å². The molecule has 1 amide bonds. The maximum absolute atomic E-state index is 12.2. The summed E-state index contributed by atoms with van der Waals surface area (Å²) in [6, 6.07) is 11.0. The van der Waals surface area contributed by atoms with E-state index in [1.54, 1.807) is 0 Å². The van der Waals surface area contributed by atoms with Gasteiger partial charge < -0.3 is 9.88 Å². The molecular weight excluding hydrogens is 266 g/mol. The Morgan fingerprint density at radius 2 is 2.10 bits per heavy atom. The second kappa shape index (κ2) is 5.62. The number of anilines is 1. The first-order valence-corrected chi connectivity index (χ1v) is 6.63. The van der Waals surface area contributed by atoms with E-state index in [9.17, 15) is 4.79 Å². The molecule has 0 aliphatic rings. The normalized spacial score (nSPS) is 12.0. The Hall–Kier alpha value is -2.89. The van der Waals surface area contributed by atoms with Crippen molar-refractivity contribution >= 4 is 11.6 Å². The van der Waals surface area contributed by atoms with Crippen LogP contribution in [0.5, 0.6) is 0 Å². The van der Waals surface area contributed by atoms with Gasteiger partial charge >= 0.3 is 0 Å². The van der Waals surface area contributed by atoms with Crippen molar-refractivity contribution in [2.45, 2.75) is 13.0 Å². The van der Waals surface area contributed by atoms with Gasteiger partial charge in [0.25, 0.3) is 0 Å². The van der Waals surface area contributed by atoms with Crippen molar-refractivity contribution in [3.05, 3.63) is 55.1 Å². The standard InChI is InChI=1S/C15H15N5O/c1-11(20-7-2-3-8-20)15(21)18-13-6-4-5-12(9-13)14-16-10-17-19-14/h2-11H,1H3,(H,18,21)(H,16,17,19). The van der Waals surface area contributed by atoms with Gasteiger partial charge in [0.2, 0.25) is 5.91 Å². The molecule has 2 aromatic heterocycles. The van der Waals surface area contributed by atoms with Crippen LogP contribution in [0.1, 0.15) is 13.0 Å². The molecule has 6 nitrogen and oxygen atoms in total. The maximum Gasteiger partial charge on any atom is 0.247 e. The lowest BCUT2D eigenvalue weighted by molar-refractivity contribution is -0.118. The minimum absolute atomic E-state index is 0.0686. The molecule has 0 radical (unpaired) electrons. The highest BCUT2D eigenvalue weighted by Gasteiger charge is 2.14. The highest BCUT2D eigenvalue weighted by molar-refractivity contribution is 5.94. The molecule has 0 saturated carbocycles. The van der Waals surface area contributed by atoms with Crippen molar-refractivity contribution in [3.8, 4) is 11.4 Å². The van der Waals surface area contributed by atoms with Crippen LogP contribution in [0, 0.1) is 0 Å². The molecule has 3 rings (SSSR count). The van der Waals surface area contributed by atoms with Crippen LogP contribution in [0.25, 0.3) is 11.4 Å². The van der Waals surface area contributed by atoms with Gasteiger partial charge in [-0.2, -0.15) is 5.10 Å². The Morgan fingerprint density at radius 1 is 1.29 bits per heavy atom. The average molecular weight is 281 g/mol. The number of aromatic nitrogens is 4. The van der Waals surface area contributed by atoms with Gasteiger partial charge in [-0.1, -0.05) is 12.1 Å². The topological polar surface area (TPSA) is 75.6 Å². The average Bonchev–Trinajstić information content (AvgIpc) is 3.20. The maximum atomic E-state index is 12.2. The predicted octanol–water partition coefficient (Wildman–Crippen LogP) is 2.47. The Labute approximate surface area is 121 Å². The summed E-state index contributed by atoms with van der Waals surface area (Å²) >= 11 is 0. The molecule has 2 heterocycles. The van der Waals surface area contributed by atoms with E-state index in [4.69, 9.17) is 0 Å². The van der Waals surface area contributed by atoms with E-state index < -0.39 is 0 Å². The highest BCUT2D eigenvalue weighted by atomic mass is 16.2. The summed E-state index contributed by atoms with van der Waals surface area (Å²) in [5.74, 6) is 0.602. The van der Waals surface area contributed by atoms with Crippen molar-refractivity contribution in [2.75, 3.05) is 5.32 Å². The smallest absolute Gasteiger partial charge is 0.247 e. The Kier molecular flexibility index (Phi) is 3.51. The lowest BCUT2D eigenvalue weighted by Crippen LogP contribution is -2.22. The van der Waals surface area contributed by atoms with Crippen LogP contribution in [0.2, 0.25) is 0 Å². The lowest BCUT2D eigenvalue weighted by Gasteiger charge is -2.14. The van der Waals surface area contributed by atoms with Crippen molar-refractivity contribution in [1.29, 1.82) is 0 Å². The number of H-pyrrole nitrogens is 1. The molecule has 106 valence electrons. The largest absolute Gasteiger partial charge is 0.342 e. The van der Waals surface area contributed by atoms with E-state index in [2.05, 4.69) is 20.5 Å². The lowest BCUT2D eigenvalue weighted by atomic mass is 10.2. The molecule has 0 aliphatic heterocycles. The SMILES string of the molecule is CC(C(=O)Nc1cccc(-c2ncn[nH]2)c1)n1cccc1. The highest BCUT2D eigenvalue weighted by Crippen LogP contribution is 2.19. The molecule has 2 N–H and O–H groups in total. The minimum Gasteiger partial charge on any atom is -0.342 e. The summed E-state index contributed by atoms with van der Waals surface area (Å²) < 4.78 is 1.86. The number of aromatic amines is 1. The fourth-order valence-electron chi connectivity index (χ4n) is 2.08. The molecule has 1 unspecified atom stereocenters.